The van der Waals surface area contributed by atoms with Gasteiger partial charge in [0.2, 0.25) is 0 Å². The fourth-order valence-electron chi connectivity index (χ4n) is 1.75. The Balaban J connectivity index is 2.22. The van der Waals surface area contributed by atoms with E-state index in [1.54, 1.807) is 24.3 Å². The van der Waals surface area contributed by atoms with Crippen molar-refractivity contribution in [1.82, 2.24) is 0 Å². The van der Waals surface area contributed by atoms with Crippen LogP contribution in [0.25, 0.3) is 0 Å². The largest absolute Gasteiger partial charge is 0.478 e. The topological polar surface area (TPSA) is 98.4 Å². The van der Waals surface area contributed by atoms with Crippen molar-refractivity contribution in [2.45, 2.75) is 9.79 Å². The SMILES string of the molecule is N#CC=C(Sc1cccc(C(=O)O)c1)Sc1cccc(C(=O)O)c1. The molecule has 0 saturated heterocycles. The third-order valence-corrected chi connectivity index (χ3v) is 4.90. The molecule has 0 atom stereocenters. The average Bonchev–Trinajstić information content (AvgIpc) is 2.55. The van der Waals surface area contributed by atoms with Gasteiger partial charge in [0, 0.05) is 15.9 Å². The van der Waals surface area contributed by atoms with E-state index in [4.69, 9.17) is 15.5 Å². The molecule has 5 nitrogen and oxygen atoms in total. The highest BCUT2D eigenvalue weighted by atomic mass is 32.2. The van der Waals surface area contributed by atoms with Crippen molar-refractivity contribution >= 4 is 35.5 Å². The van der Waals surface area contributed by atoms with E-state index in [1.807, 2.05) is 6.07 Å². The molecule has 24 heavy (non-hydrogen) atoms. The lowest BCUT2D eigenvalue weighted by Gasteiger charge is -2.07. The second kappa shape index (κ2) is 8.24. The number of thioether (sulfide) groups is 2. The van der Waals surface area contributed by atoms with Crippen molar-refractivity contribution in [3.8, 4) is 6.07 Å². The van der Waals surface area contributed by atoms with Crippen molar-refractivity contribution in [3.05, 3.63) is 70.0 Å². The summed E-state index contributed by atoms with van der Waals surface area (Å²) < 4.78 is 0.613. The van der Waals surface area contributed by atoms with E-state index in [1.165, 1.54) is 53.9 Å². The summed E-state index contributed by atoms with van der Waals surface area (Å²) in [7, 11) is 0. The Kier molecular flexibility index (Phi) is 6.07. The molecule has 2 N–H and O–H groups in total. The minimum absolute atomic E-state index is 0.161. The number of hydrogen-bond acceptors (Lipinski definition) is 5. The molecule has 120 valence electrons. The Hall–Kier alpha value is -2.69. The van der Waals surface area contributed by atoms with Crippen LogP contribution in [0.5, 0.6) is 0 Å². The number of carbonyl (C=O) groups is 2. The molecule has 0 spiro atoms. The number of nitrogens with zero attached hydrogens (tertiary/aromatic N) is 1. The number of hydrogen-bond donors (Lipinski definition) is 2. The van der Waals surface area contributed by atoms with Gasteiger partial charge in [0.1, 0.15) is 0 Å². The third-order valence-electron chi connectivity index (χ3n) is 2.78. The molecular formula is C17H11NO4S2. The quantitative estimate of drug-likeness (QED) is 0.586. The predicted molar refractivity (Wildman–Crippen MR) is 92.2 cm³/mol. The summed E-state index contributed by atoms with van der Waals surface area (Å²) in [5.74, 6) is -2.05. The van der Waals surface area contributed by atoms with Crippen LogP contribution in [0.2, 0.25) is 0 Å². The summed E-state index contributed by atoms with van der Waals surface area (Å²) in [4.78, 5) is 23.4. The van der Waals surface area contributed by atoms with Crippen LogP contribution in [0.4, 0.5) is 0 Å². The van der Waals surface area contributed by atoms with Gasteiger partial charge < -0.3 is 10.2 Å². The molecule has 2 aromatic carbocycles. The number of allylic oxidation sites excluding steroid dienone is 1. The van der Waals surface area contributed by atoms with Gasteiger partial charge in [-0.2, -0.15) is 5.26 Å². The molecule has 0 aliphatic carbocycles. The molecule has 2 aromatic rings. The van der Waals surface area contributed by atoms with E-state index >= 15 is 0 Å². The number of carboxylic acid groups (broad SMARTS) is 2. The standard InChI is InChI=1S/C17H11NO4S2/c18-8-7-15(23-13-5-1-3-11(9-13)16(19)20)24-14-6-2-4-12(10-14)17(21)22/h1-7,9-10H,(H,19,20)(H,21,22). The lowest BCUT2D eigenvalue weighted by atomic mass is 10.2. The van der Waals surface area contributed by atoms with Crippen molar-refractivity contribution < 1.29 is 19.8 Å². The Bertz CT molecular complexity index is 794. The smallest absolute Gasteiger partial charge is 0.335 e. The summed E-state index contributed by atoms with van der Waals surface area (Å²) in [6, 6.07) is 14.7. The first-order valence-corrected chi connectivity index (χ1v) is 8.25. The van der Waals surface area contributed by atoms with Gasteiger partial charge in [0.05, 0.1) is 21.4 Å². The van der Waals surface area contributed by atoms with Crippen molar-refractivity contribution in [2.75, 3.05) is 0 Å². The molecule has 0 aromatic heterocycles. The van der Waals surface area contributed by atoms with Crippen LogP contribution in [-0.2, 0) is 0 Å². The molecule has 0 heterocycles. The maximum Gasteiger partial charge on any atom is 0.335 e. The van der Waals surface area contributed by atoms with Crippen molar-refractivity contribution in [3.63, 3.8) is 0 Å². The molecule has 7 heteroatoms. The third kappa shape index (κ3) is 4.91. The zero-order chi connectivity index (χ0) is 17.5. The maximum atomic E-state index is 11.0. The monoisotopic (exact) mass is 357 g/mol. The minimum atomic E-state index is -1.02. The van der Waals surface area contributed by atoms with Gasteiger partial charge in [-0.25, -0.2) is 9.59 Å². The van der Waals surface area contributed by atoms with Gasteiger partial charge in [-0.05, 0) is 36.4 Å². The van der Waals surface area contributed by atoms with Gasteiger partial charge in [-0.1, -0.05) is 35.7 Å². The fourth-order valence-corrected chi connectivity index (χ4v) is 3.85. The first-order chi connectivity index (χ1) is 11.5. The Labute approximate surface area is 146 Å². The number of benzene rings is 2. The highest BCUT2D eigenvalue weighted by molar-refractivity contribution is 8.22. The van der Waals surface area contributed by atoms with Crippen LogP contribution in [0.3, 0.4) is 0 Å². The van der Waals surface area contributed by atoms with Crippen LogP contribution in [-0.4, -0.2) is 22.2 Å². The van der Waals surface area contributed by atoms with E-state index in [9.17, 15) is 9.59 Å². The molecule has 0 unspecified atom stereocenters. The highest BCUT2D eigenvalue weighted by Crippen LogP contribution is 2.39. The van der Waals surface area contributed by atoms with E-state index in [0.29, 0.717) is 14.0 Å². The number of aromatic carboxylic acids is 2. The second-order valence-electron chi connectivity index (χ2n) is 4.46. The number of nitriles is 1. The second-order valence-corrected chi connectivity index (χ2v) is 6.95. The molecule has 0 fully saturated rings. The van der Waals surface area contributed by atoms with Crippen molar-refractivity contribution in [1.29, 1.82) is 5.26 Å². The number of carboxylic acids is 2. The Morgan fingerprint density at radius 3 is 1.75 bits per heavy atom. The van der Waals surface area contributed by atoms with Crippen molar-refractivity contribution in [2.24, 2.45) is 0 Å². The lowest BCUT2D eigenvalue weighted by Crippen LogP contribution is -1.95. The van der Waals surface area contributed by atoms with Gasteiger partial charge in [0.25, 0.3) is 0 Å². The lowest BCUT2D eigenvalue weighted by molar-refractivity contribution is 0.0685. The Morgan fingerprint density at radius 1 is 0.917 bits per heavy atom. The maximum absolute atomic E-state index is 11.0. The summed E-state index contributed by atoms with van der Waals surface area (Å²) >= 11 is 2.49. The molecule has 0 aliphatic rings. The number of rotatable bonds is 6. The molecular weight excluding hydrogens is 346 g/mol. The van der Waals surface area contributed by atoms with Crippen LogP contribution in [0, 0.1) is 11.3 Å². The first-order valence-electron chi connectivity index (χ1n) is 6.62. The van der Waals surface area contributed by atoms with Gasteiger partial charge >= 0.3 is 11.9 Å². The fraction of sp³-hybridized carbons (Fsp3) is 0. The van der Waals surface area contributed by atoms with Crippen LogP contribution < -0.4 is 0 Å². The highest BCUT2D eigenvalue weighted by Gasteiger charge is 2.09. The predicted octanol–water partition coefficient (Wildman–Crippen LogP) is 4.33. The van der Waals surface area contributed by atoms with Crippen LogP contribution >= 0.6 is 23.5 Å². The molecule has 0 radical (unpaired) electrons. The summed E-state index contributed by atoms with van der Waals surface area (Å²) in [6.45, 7) is 0. The summed E-state index contributed by atoms with van der Waals surface area (Å²) in [5, 5.41) is 27.0. The van der Waals surface area contributed by atoms with Crippen LogP contribution in [0.1, 0.15) is 20.7 Å². The molecule has 0 bridgehead atoms. The van der Waals surface area contributed by atoms with Gasteiger partial charge in [-0.15, -0.1) is 0 Å². The summed E-state index contributed by atoms with van der Waals surface area (Å²) in [5.41, 5.74) is 0.323. The Morgan fingerprint density at radius 2 is 1.38 bits per heavy atom. The average molecular weight is 357 g/mol. The zero-order valence-electron chi connectivity index (χ0n) is 12.2. The minimum Gasteiger partial charge on any atom is -0.478 e. The first kappa shape index (κ1) is 17.7. The van der Waals surface area contributed by atoms with E-state index in [2.05, 4.69) is 0 Å². The van der Waals surface area contributed by atoms with E-state index < -0.39 is 11.9 Å². The van der Waals surface area contributed by atoms with E-state index in [-0.39, 0.29) is 11.1 Å². The molecule has 0 aliphatic heterocycles. The molecule has 0 saturated carbocycles. The molecule has 2 rings (SSSR count). The summed E-state index contributed by atoms with van der Waals surface area (Å²) in [6.07, 6.45) is 1.34. The normalized spacial score (nSPS) is 9.79. The zero-order valence-corrected chi connectivity index (χ0v) is 13.8. The van der Waals surface area contributed by atoms with Gasteiger partial charge in [0.15, 0.2) is 0 Å². The molecule has 0 amide bonds. The van der Waals surface area contributed by atoms with Crippen LogP contribution in [0.15, 0.2) is 68.6 Å². The van der Waals surface area contributed by atoms with Gasteiger partial charge in [-0.3, -0.25) is 0 Å². The van der Waals surface area contributed by atoms with E-state index in [0.717, 1.165) is 0 Å².